The molecule has 2 heterocycles. The van der Waals surface area contributed by atoms with Crippen molar-refractivity contribution in [2.45, 2.75) is 13.8 Å². The third-order valence-corrected chi connectivity index (χ3v) is 2.64. The molecule has 0 spiro atoms. The van der Waals surface area contributed by atoms with E-state index >= 15 is 0 Å². The number of nitrogens with zero attached hydrogens (tertiary/aromatic N) is 3. The van der Waals surface area contributed by atoms with Crippen molar-refractivity contribution in [3.8, 4) is 0 Å². The van der Waals surface area contributed by atoms with Crippen LogP contribution in [0.5, 0.6) is 0 Å². The van der Waals surface area contributed by atoms with Gasteiger partial charge in [0.25, 0.3) is 5.70 Å². The molecule has 0 unspecified atom stereocenters. The zero-order valence-corrected chi connectivity index (χ0v) is 10.2. The Morgan fingerprint density at radius 3 is 2.89 bits per heavy atom. The van der Waals surface area contributed by atoms with E-state index in [1.165, 1.54) is 6.92 Å². The summed E-state index contributed by atoms with van der Waals surface area (Å²) >= 11 is 0. The lowest BCUT2D eigenvalue weighted by Crippen LogP contribution is -1.98. The number of hydrogen-bond acceptors (Lipinski definition) is 3. The van der Waals surface area contributed by atoms with Crippen LogP contribution >= 0.6 is 0 Å². The number of imidazole rings is 1. The molecule has 0 aliphatic carbocycles. The van der Waals surface area contributed by atoms with Gasteiger partial charge in [-0.3, -0.25) is 10.1 Å². The van der Waals surface area contributed by atoms with E-state index in [0.717, 1.165) is 5.65 Å². The second-order valence-electron chi connectivity index (χ2n) is 3.85. The van der Waals surface area contributed by atoms with Gasteiger partial charge < -0.3 is 4.40 Å². The number of hydrogen-bond donors (Lipinski definition) is 0. The summed E-state index contributed by atoms with van der Waals surface area (Å²) in [6, 6.07) is 5.63. The summed E-state index contributed by atoms with van der Waals surface area (Å²) in [5.41, 5.74) is 2.00. The number of nitro groups is 1. The first-order valence-electron chi connectivity index (χ1n) is 5.55. The molecular weight excluding hydrogens is 230 g/mol. The first kappa shape index (κ1) is 12.0. The van der Waals surface area contributed by atoms with Gasteiger partial charge in [-0.25, -0.2) is 4.98 Å². The molecule has 2 aromatic rings. The van der Waals surface area contributed by atoms with Crippen molar-refractivity contribution in [2.24, 2.45) is 0 Å². The lowest BCUT2D eigenvalue weighted by molar-refractivity contribution is -0.423. The van der Waals surface area contributed by atoms with Crippen LogP contribution < -0.4 is 0 Å². The van der Waals surface area contributed by atoms with Crippen molar-refractivity contribution in [1.82, 2.24) is 9.38 Å². The van der Waals surface area contributed by atoms with Crippen molar-refractivity contribution >= 4 is 11.2 Å². The Morgan fingerprint density at radius 2 is 2.28 bits per heavy atom. The summed E-state index contributed by atoms with van der Waals surface area (Å²) in [5, 5.41) is 10.9. The normalized spacial score (nSPS) is 13.0. The molecule has 0 saturated heterocycles. The molecule has 0 radical (unpaired) electrons. The number of rotatable bonds is 3. The molecule has 0 N–H and O–H groups in total. The van der Waals surface area contributed by atoms with Gasteiger partial charge in [0, 0.05) is 19.3 Å². The number of aromatic nitrogens is 2. The molecule has 2 rings (SSSR count). The van der Waals surface area contributed by atoms with E-state index in [2.05, 4.69) is 4.98 Å². The zero-order valence-electron chi connectivity index (χ0n) is 10.2. The molecule has 0 bridgehead atoms. The minimum atomic E-state index is -0.390. The van der Waals surface area contributed by atoms with E-state index in [1.807, 2.05) is 35.7 Å². The van der Waals surface area contributed by atoms with Crippen LogP contribution in [0.25, 0.3) is 11.2 Å². The molecule has 0 fully saturated rings. The third-order valence-electron chi connectivity index (χ3n) is 2.64. The van der Waals surface area contributed by atoms with Crippen LogP contribution in [0.4, 0.5) is 0 Å². The Labute approximate surface area is 104 Å². The second-order valence-corrected chi connectivity index (χ2v) is 3.85. The van der Waals surface area contributed by atoms with Crippen LogP contribution in [-0.2, 0) is 0 Å². The molecule has 18 heavy (non-hydrogen) atoms. The van der Waals surface area contributed by atoms with Crippen LogP contribution in [0.1, 0.15) is 19.5 Å². The molecule has 0 amide bonds. The van der Waals surface area contributed by atoms with E-state index in [0.29, 0.717) is 11.3 Å². The molecule has 0 aliphatic rings. The highest BCUT2D eigenvalue weighted by atomic mass is 16.6. The maximum absolute atomic E-state index is 10.9. The fourth-order valence-corrected chi connectivity index (χ4v) is 1.72. The summed E-state index contributed by atoms with van der Waals surface area (Å²) in [7, 11) is 0. The average Bonchev–Trinajstić information content (AvgIpc) is 2.78. The highest BCUT2D eigenvalue weighted by molar-refractivity contribution is 5.74. The van der Waals surface area contributed by atoms with Crippen LogP contribution in [0.15, 0.2) is 48.4 Å². The van der Waals surface area contributed by atoms with Gasteiger partial charge in [0.2, 0.25) is 0 Å². The smallest absolute Gasteiger partial charge is 0.252 e. The third kappa shape index (κ3) is 2.15. The van der Waals surface area contributed by atoms with E-state index in [4.69, 9.17) is 0 Å². The Hall–Kier alpha value is -2.43. The first-order chi connectivity index (χ1) is 8.63. The van der Waals surface area contributed by atoms with Crippen molar-refractivity contribution in [1.29, 1.82) is 0 Å². The van der Waals surface area contributed by atoms with Crippen molar-refractivity contribution < 1.29 is 4.92 Å². The minimum Gasteiger partial charge on any atom is -0.306 e. The van der Waals surface area contributed by atoms with Gasteiger partial charge in [-0.15, -0.1) is 0 Å². The quantitative estimate of drug-likeness (QED) is 0.473. The maximum Gasteiger partial charge on any atom is 0.252 e. The lowest BCUT2D eigenvalue weighted by atomic mass is 10.1. The highest BCUT2D eigenvalue weighted by Gasteiger charge is 2.15. The molecule has 0 aromatic carbocycles. The molecule has 92 valence electrons. The average molecular weight is 243 g/mol. The molecule has 0 saturated carbocycles. The van der Waals surface area contributed by atoms with E-state index < -0.39 is 0 Å². The second kappa shape index (κ2) is 4.83. The molecule has 5 heteroatoms. The summed E-state index contributed by atoms with van der Waals surface area (Å²) in [6.07, 6.45) is 7.13. The fraction of sp³-hybridized carbons (Fsp3) is 0.154. The predicted octanol–water partition coefficient (Wildman–Crippen LogP) is 2.92. The van der Waals surface area contributed by atoms with Crippen molar-refractivity contribution in [3.63, 3.8) is 0 Å². The maximum atomic E-state index is 10.9. The van der Waals surface area contributed by atoms with Crippen LogP contribution in [0.3, 0.4) is 0 Å². The van der Waals surface area contributed by atoms with Gasteiger partial charge in [-0.1, -0.05) is 18.2 Å². The summed E-state index contributed by atoms with van der Waals surface area (Å²) < 4.78 is 1.84. The van der Waals surface area contributed by atoms with Crippen LogP contribution in [0, 0.1) is 10.1 Å². The Bertz CT molecular complexity index is 620. The predicted molar refractivity (Wildman–Crippen MR) is 69.6 cm³/mol. The number of allylic oxidation sites excluding steroid dienone is 4. The Balaban J connectivity index is 2.62. The van der Waals surface area contributed by atoms with Crippen molar-refractivity contribution in [3.05, 3.63) is 64.3 Å². The standard InChI is InChI=1S/C13H13N3O2/c1-3-6-11(10(2)16(17)18)12-9-15-8-5-4-7-13(15)14-12/h3-9H,1-2H3/b6-3-,11-10-. The lowest BCUT2D eigenvalue weighted by Gasteiger charge is -1.97. The zero-order chi connectivity index (χ0) is 13.1. The Kier molecular flexibility index (Phi) is 3.23. The summed E-state index contributed by atoms with van der Waals surface area (Å²) in [5.74, 6) is 0. The van der Waals surface area contributed by atoms with Crippen LogP contribution in [0.2, 0.25) is 0 Å². The largest absolute Gasteiger partial charge is 0.306 e. The van der Waals surface area contributed by atoms with Crippen molar-refractivity contribution in [2.75, 3.05) is 0 Å². The first-order valence-corrected chi connectivity index (χ1v) is 5.55. The molecule has 0 aliphatic heterocycles. The fourth-order valence-electron chi connectivity index (χ4n) is 1.72. The molecule has 2 aromatic heterocycles. The van der Waals surface area contributed by atoms with Gasteiger partial charge in [0.05, 0.1) is 16.2 Å². The number of fused-ring (bicyclic) bond motifs is 1. The molecule has 5 nitrogen and oxygen atoms in total. The van der Waals surface area contributed by atoms with Gasteiger partial charge in [-0.2, -0.15) is 0 Å². The minimum absolute atomic E-state index is 0.0940. The van der Waals surface area contributed by atoms with Gasteiger partial charge in [-0.05, 0) is 19.1 Å². The van der Waals surface area contributed by atoms with Crippen LogP contribution in [-0.4, -0.2) is 14.3 Å². The van der Waals surface area contributed by atoms with E-state index in [1.54, 1.807) is 18.3 Å². The Morgan fingerprint density at radius 1 is 1.50 bits per heavy atom. The van der Waals surface area contributed by atoms with Gasteiger partial charge in [0.15, 0.2) is 0 Å². The highest BCUT2D eigenvalue weighted by Crippen LogP contribution is 2.20. The van der Waals surface area contributed by atoms with E-state index in [9.17, 15) is 10.1 Å². The molecule has 0 atom stereocenters. The topological polar surface area (TPSA) is 60.4 Å². The summed E-state index contributed by atoms with van der Waals surface area (Å²) in [6.45, 7) is 3.31. The van der Waals surface area contributed by atoms with Gasteiger partial charge in [0.1, 0.15) is 5.65 Å². The summed E-state index contributed by atoms with van der Waals surface area (Å²) in [4.78, 5) is 14.9. The number of pyridine rings is 1. The SMILES string of the molecule is C/C=C\C(=C(/C)[N+](=O)[O-])c1cn2ccccc2n1. The monoisotopic (exact) mass is 243 g/mol. The van der Waals surface area contributed by atoms with E-state index in [-0.39, 0.29) is 10.6 Å². The van der Waals surface area contributed by atoms with Gasteiger partial charge >= 0.3 is 0 Å². The molecular formula is C13H13N3O2.